The first-order valence-corrected chi connectivity index (χ1v) is 5.95. The van der Waals surface area contributed by atoms with E-state index in [1.54, 1.807) is 14.0 Å². The molecular formula is C9H14N4O3S. The highest BCUT2D eigenvalue weighted by Crippen LogP contribution is 2.30. The summed E-state index contributed by atoms with van der Waals surface area (Å²) in [6.07, 6.45) is 0.793. The second-order valence-corrected chi connectivity index (χ2v) is 4.36. The van der Waals surface area contributed by atoms with Gasteiger partial charge in [0, 0.05) is 19.5 Å². The van der Waals surface area contributed by atoms with E-state index in [1.807, 2.05) is 0 Å². The summed E-state index contributed by atoms with van der Waals surface area (Å²) in [5.41, 5.74) is 5.70. The maximum Gasteiger partial charge on any atom is 0.322 e. The molecule has 0 spiro atoms. The number of nitrogens with two attached hydrogens (primary N) is 1. The molecule has 94 valence electrons. The molecule has 7 nitrogen and oxygen atoms in total. The van der Waals surface area contributed by atoms with Crippen molar-refractivity contribution in [3.8, 4) is 0 Å². The predicted octanol–water partition coefficient (Wildman–Crippen LogP) is 1.40. The summed E-state index contributed by atoms with van der Waals surface area (Å²) in [7, 11) is 1.61. The monoisotopic (exact) mass is 258 g/mol. The average molecular weight is 258 g/mol. The van der Waals surface area contributed by atoms with Gasteiger partial charge in [-0.05, 0) is 13.3 Å². The van der Waals surface area contributed by atoms with Crippen molar-refractivity contribution in [2.45, 2.75) is 18.4 Å². The van der Waals surface area contributed by atoms with Crippen molar-refractivity contribution in [2.75, 3.05) is 25.2 Å². The number of ether oxygens (including phenoxy) is 1. The molecule has 1 aromatic heterocycles. The molecule has 0 amide bonds. The van der Waals surface area contributed by atoms with E-state index in [1.165, 1.54) is 11.8 Å². The Morgan fingerprint density at radius 1 is 1.53 bits per heavy atom. The third-order valence-electron chi connectivity index (χ3n) is 1.96. The molecule has 0 saturated carbocycles. The van der Waals surface area contributed by atoms with Crippen LogP contribution in [-0.2, 0) is 4.74 Å². The molecule has 8 heteroatoms. The van der Waals surface area contributed by atoms with Gasteiger partial charge in [0.05, 0.1) is 4.92 Å². The van der Waals surface area contributed by atoms with Gasteiger partial charge in [-0.25, -0.2) is 4.98 Å². The minimum absolute atomic E-state index is 0.0577. The van der Waals surface area contributed by atoms with Gasteiger partial charge in [-0.1, -0.05) is 11.8 Å². The first-order valence-electron chi connectivity index (χ1n) is 4.96. The number of hydrogen-bond donors (Lipinski definition) is 1. The maximum atomic E-state index is 10.9. The first-order chi connectivity index (χ1) is 8.06. The van der Waals surface area contributed by atoms with Crippen LogP contribution in [0.15, 0.2) is 5.03 Å². The van der Waals surface area contributed by atoms with E-state index in [4.69, 9.17) is 10.5 Å². The van der Waals surface area contributed by atoms with Crippen LogP contribution < -0.4 is 5.73 Å². The zero-order chi connectivity index (χ0) is 12.8. The third kappa shape index (κ3) is 3.82. The third-order valence-corrected chi connectivity index (χ3v) is 3.01. The minimum Gasteiger partial charge on any atom is -0.385 e. The second-order valence-electron chi connectivity index (χ2n) is 3.27. The van der Waals surface area contributed by atoms with E-state index in [9.17, 15) is 10.1 Å². The molecule has 2 N–H and O–H groups in total. The predicted molar refractivity (Wildman–Crippen MR) is 65.1 cm³/mol. The van der Waals surface area contributed by atoms with Gasteiger partial charge in [0.15, 0.2) is 5.03 Å². The van der Waals surface area contributed by atoms with Crippen LogP contribution in [0.1, 0.15) is 12.1 Å². The summed E-state index contributed by atoms with van der Waals surface area (Å²) in [6.45, 7) is 2.16. The van der Waals surface area contributed by atoms with Crippen LogP contribution in [-0.4, -0.2) is 34.4 Å². The summed E-state index contributed by atoms with van der Waals surface area (Å²) < 4.78 is 4.90. The molecular weight excluding hydrogens is 244 g/mol. The molecule has 0 aliphatic heterocycles. The van der Waals surface area contributed by atoms with E-state index in [2.05, 4.69) is 9.97 Å². The molecule has 0 fully saturated rings. The van der Waals surface area contributed by atoms with Crippen molar-refractivity contribution in [1.29, 1.82) is 0 Å². The standard InChI is InChI=1S/C9H14N4O3S/c1-6-7(13(14)15)8(12-9(10)11-6)17-5-3-4-16-2/h3-5H2,1-2H3,(H2,10,11,12). The lowest BCUT2D eigenvalue weighted by atomic mass is 10.4. The quantitative estimate of drug-likeness (QED) is 0.270. The van der Waals surface area contributed by atoms with E-state index in [0.29, 0.717) is 17.4 Å². The molecule has 0 unspecified atom stereocenters. The van der Waals surface area contributed by atoms with Gasteiger partial charge in [-0.2, -0.15) is 4.98 Å². The molecule has 0 saturated heterocycles. The Kier molecular flexibility index (Phi) is 5.11. The molecule has 0 aliphatic carbocycles. The number of rotatable bonds is 6. The molecule has 1 rings (SSSR count). The Morgan fingerprint density at radius 3 is 2.82 bits per heavy atom. The number of methoxy groups -OCH3 is 1. The fourth-order valence-electron chi connectivity index (χ4n) is 1.24. The highest BCUT2D eigenvalue weighted by molar-refractivity contribution is 7.99. The van der Waals surface area contributed by atoms with Crippen molar-refractivity contribution >= 4 is 23.4 Å². The lowest BCUT2D eigenvalue weighted by molar-refractivity contribution is -0.389. The van der Waals surface area contributed by atoms with Crippen molar-refractivity contribution in [3.05, 3.63) is 15.8 Å². The Hall–Kier alpha value is -1.41. The highest BCUT2D eigenvalue weighted by Gasteiger charge is 2.21. The number of aryl methyl sites for hydroxylation is 1. The number of nitrogens with zero attached hydrogens (tertiary/aromatic N) is 3. The van der Waals surface area contributed by atoms with Gasteiger partial charge in [-0.3, -0.25) is 10.1 Å². The summed E-state index contributed by atoms with van der Waals surface area (Å²) in [6, 6.07) is 0. The normalized spacial score (nSPS) is 10.5. The van der Waals surface area contributed by atoms with Crippen molar-refractivity contribution in [2.24, 2.45) is 0 Å². The van der Waals surface area contributed by atoms with Crippen LogP contribution in [0, 0.1) is 17.0 Å². The Labute approximate surface area is 103 Å². The molecule has 0 radical (unpaired) electrons. The second kappa shape index (κ2) is 6.36. The molecule has 0 aliphatic rings. The molecule has 0 atom stereocenters. The van der Waals surface area contributed by atoms with Crippen LogP contribution in [0.2, 0.25) is 0 Å². The molecule has 0 bridgehead atoms. The Balaban J connectivity index is 2.85. The number of hydrogen-bond acceptors (Lipinski definition) is 7. The summed E-state index contributed by atoms with van der Waals surface area (Å²) in [5, 5.41) is 11.2. The fourth-order valence-corrected chi connectivity index (χ4v) is 2.22. The number of nitrogen functional groups attached to an aromatic ring is 1. The fraction of sp³-hybridized carbons (Fsp3) is 0.556. The molecule has 1 heterocycles. The van der Waals surface area contributed by atoms with Crippen molar-refractivity contribution in [1.82, 2.24) is 9.97 Å². The van der Waals surface area contributed by atoms with Crippen LogP contribution in [0.3, 0.4) is 0 Å². The van der Waals surface area contributed by atoms with Gasteiger partial charge < -0.3 is 10.5 Å². The number of nitro groups is 1. The number of anilines is 1. The van der Waals surface area contributed by atoms with Crippen LogP contribution in [0.5, 0.6) is 0 Å². The SMILES string of the molecule is COCCCSc1nc(N)nc(C)c1[N+](=O)[O-]. The Morgan fingerprint density at radius 2 is 2.24 bits per heavy atom. The lowest BCUT2D eigenvalue weighted by Gasteiger charge is -2.04. The van der Waals surface area contributed by atoms with E-state index >= 15 is 0 Å². The maximum absolute atomic E-state index is 10.9. The van der Waals surface area contributed by atoms with Crippen LogP contribution >= 0.6 is 11.8 Å². The highest BCUT2D eigenvalue weighted by atomic mass is 32.2. The van der Waals surface area contributed by atoms with E-state index in [-0.39, 0.29) is 17.3 Å². The smallest absolute Gasteiger partial charge is 0.322 e. The van der Waals surface area contributed by atoms with Crippen molar-refractivity contribution < 1.29 is 9.66 Å². The summed E-state index contributed by atoms with van der Waals surface area (Å²) in [5.74, 6) is 0.743. The van der Waals surface area contributed by atoms with Gasteiger partial charge in [0.25, 0.3) is 0 Å². The van der Waals surface area contributed by atoms with Gasteiger partial charge in [-0.15, -0.1) is 0 Å². The molecule has 17 heavy (non-hydrogen) atoms. The average Bonchev–Trinajstić information content (AvgIpc) is 2.22. The van der Waals surface area contributed by atoms with Crippen molar-refractivity contribution in [3.63, 3.8) is 0 Å². The number of thioether (sulfide) groups is 1. The summed E-state index contributed by atoms with van der Waals surface area (Å²) in [4.78, 5) is 18.1. The van der Waals surface area contributed by atoms with Gasteiger partial charge >= 0.3 is 5.69 Å². The van der Waals surface area contributed by atoms with E-state index < -0.39 is 4.92 Å². The molecule has 0 aromatic carbocycles. The Bertz CT molecular complexity index is 413. The van der Waals surface area contributed by atoms with Crippen LogP contribution in [0.4, 0.5) is 11.6 Å². The lowest BCUT2D eigenvalue weighted by Crippen LogP contribution is -2.04. The van der Waals surface area contributed by atoms with Gasteiger partial charge in [0.2, 0.25) is 5.95 Å². The number of aromatic nitrogens is 2. The zero-order valence-corrected chi connectivity index (χ0v) is 10.5. The zero-order valence-electron chi connectivity index (χ0n) is 9.67. The van der Waals surface area contributed by atoms with Crippen LogP contribution in [0.25, 0.3) is 0 Å². The summed E-state index contributed by atoms with van der Waals surface area (Å²) >= 11 is 1.29. The topological polar surface area (TPSA) is 104 Å². The van der Waals surface area contributed by atoms with E-state index in [0.717, 1.165) is 6.42 Å². The molecule has 1 aromatic rings. The minimum atomic E-state index is -0.479. The van der Waals surface area contributed by atoms with Gasteiger partial charge in [0.1, 0.15) is 5.69 Å². The largest absolute Gasteiger partial charge is 0.385 e. The first kappa shape index (κ1) is 13.7.